The van der Waals surface area contributed by atoms with Crippen molar-refractivity contribution in [3.05, 3.63) is 29.3 Å². The Morgan fingerprint density at radius 3 is 2.27 bits per heavy atom. The number of imide groups is 1. The fourth-order valence-corrected chi connectivity index (χ4v) is 4.74. The predicted molar refractivity (Wildman–Crippen MR) is 113 cm³/mol. The van der Waals surface area contributed by atoms with Crippen molar-refractivity contribution in [1.82, 2.24) is 9.80 Å². The van der Waals surface area contributed by atoms with Crippen molar-refractivity contribution in [2.45, 2.75) is 32.2 Å². The number of sulfonamides is 1. The van der Waals surface area contributed by atoms with Crippen molar-refractivity contribution in [2.24, 2.45) is 5.92 Å². The van der Waals surface area contributed by atoms with E-state index in [9.17, 15) is 27.9 Å². The molecule has 11 heteroatoms. The second-order valence-electron chi connectivity index (χ2n) is 7.76. The summed E-state index contributed by atoms with van der Waals surface area (Å²) < 4.78 is 26.4. The normalized spacial score (nSPS) is 17.4. The molecule has 1 atom stereocenters. The summed E-state index contributed by atoms with van der Waals surface area (Å²) in [5.74, 6) is -3.39. The molecule has 166 valence electrons. The highest BCUT2D eigenvalue weighted by Crippen LogP contribution is 2.27. The average Bonchev–Trinajstić information content (AvgIpc) is 2.81. The molecular weight excluding hydrogens is 434 g/mol. The van der Waals surface area contributed by atoms with Gasteiger partial charge in [-0.05, 0) is 51.0 Å². The van der Waals surface area contributed by atoms with Gasteiger partial charge in [0.2, 0.25) is 10.0 Å². The van der Waals surface area contributed by atoms with Gasteiger partial charge in [-0.3, -0.25) is 18.8 Å². The lowest BCUT2D eigenvalue weighted by molar-refractivity contribution is -0.141. The number of amides is 3. The molecule has 0 bridgehead atoms. The number of anilines is 1. The molecule has 1 fully saturated rings. The lowest BCUT2D eigenvalue weighted by Crippen LogP contribution is -2.41. The standard InChI is InChI=1S/C19H26ClN3O6S/c1-19(2)17(26)23(18(27)21(19)3)11-5-6-13(16(24)25)12-30(28,29)22(4)15-9-7-14(20)8-10-15/h7-10,13H,5-6,11-12H2,1-4H3,(H,24,25). The van der Waals surface area contributed by atoms with Crippen molar-refractivity contribution in [1.29, 1.82) is 0 Å². The topological polar surface area (TPSA) is 115 Å². The molecule has 3 amide bonds. The van der Waals surface area contributed by atoms with Crippen LogP contribution in [0.25, 0.3) is 0 Å². The van der Waals surface area contributed by atoms with E-state index in [0.717, 1.165) is 9.21 Å². The number of benzene rings is 1. The third-order valence-electron chi connectivity index (χ3n) is 5.43. The monoisotopic (exact) mass is 459 g/mol. The summed E-state index contributed by atoms with van der Waals surface area (Å²) in [5.41, 5.74) is -0.601. The Balaban J connectivity index is 2.03. The molecule has 1 aliphatic heterocycles. The Labute approximate surface area is 181 Å². The Kier molecular flexibility index (Phi) is 7.03. The van der Waals surface area contributed by atoms with E-state index in [2.05, 4.69) is 0 Å². The molecule has 0 radical (unpaired) electrons. The minimum absolute atomic E-state index is 0.00419. The zero-order valence-corrected chi connectivity index (χ0v) is 18.9. The van der Waals surface area contributed by atoms with E-state index >= 15 is 0 Å². The van der Waals surface area contributed by atoms with Gasteiger partial charge in [0, 0.05) is 25.7 Å². The number of rotatable bonds is 9. The van der Waals surface area contributed by atoms with E-state index in [-0.39, 0.29) is 25.3 Å². The van der Waals surface area contributed by atoms with Crippen molar-refractivity contribution < 1.29 is 27.9 Å². The van der Waals surface area contributed by atoms with Gasteiger partial charge in [-0.1, -0.05) is 11.6 Å². The molecule has 1 heterocycles. The van der Waals surface area contributed by atoms with Gasteiger partial charge in [-0.15, -0.1) is 0 Å². The second kappa shape index (κ2) is 8.81. The summed E-state index contributed by atoms with van der Waals surface area (Å²) in [7, 11) is -1.04. The molecule has 1 aliphatic rings. The predicted octanol–water partition coefficient (Wildman–Crippen LogP) is 2.26. The molecule has 0 aromatic heterocycles. The van der Waals surface area contributed by atoms with E-state index in [4.69, 9.17) is 11.6 Å². The smallest absolute Gasteiger partial charge is 0.327 e. The number of hydrogen-bond acceptors (Lipinski definition) is 5. The molecule has 0 spiro atoms. The first kappa shape index (κ1) is 23.9. The van der Waals surface area contributed by atoms with Crippen LogP contribution in [0.15, 0.2) is 24.3 Å². The summed E-state index contributed by atoms with van der Waals surface area (Å²) >= 11 is 5.81. The third kappa shape index (κ3) is 4.86. The first-order valence-electron chi connectivity index (χ1n) is 9.33. The van der Waals surface area contributed by atoms with Crippen LogP contribution in [0.4, 0.5) is 10.5 Å². The molecule has 9 nitrogen and oxygen atoms in total. The SMILES string of the molecule is CN1C(=O)N(CCCC(CS(=O)(=O)N(C)c2ccc(Cl)cc2)C(=O)O)C(=O)C1(C)C. The van der Waals surface area contributed by atoms with E-state index in [1.807, 2.05) is 0 Å². The van der Waals surface area contributed by atoms with Gasteiger partial charge in [0.25, 0.3) is 5.91 Å². The Hall–Kier alpha value is -2.33. The van der Waals surface area contributed by atoms with E-state index in [1.54, 1.807) is 26.0 Å². The Morgan fingerprint density at radius 1 is 1.23 bits per heavy atom. The lowest BCUT2D eigenvalue weighted by atomic mass is 10.0. The number of carbonyl (C=O) groups is 3. The lowest BCUT2D eigenvalue weighted by Gasteiger charge is -2.22. The number of likely N-dealkylation sites (N-methyl/N-ethyl adjacent to an activating group) is 1. The van der Waals surface area contributed by atoms with Gasteiger partial charge >= 0.3 is 12.0 Å². The molecule has 1 aromatic rings. The van der Waals surface area contributed by atoms with Gasteiger partial charge in [-0.2, -0.15) is 0 Å². The van der Waals surface area contributed by atoms with E-state index < -0.39 is 39.2 Å². The largest absolute Gasteiger partial charge is 0.481 e. The summed E-state index contributed by atoms with van der Waals surface area (Å²) in [4.78, 5) is 38.7. The third-order valence-corrected chi connectivity index (χ3v) is 7.55. The highest BCUT2D eigenvalue weighted by Gasteiger charge is 2.48. The van der Waals surface area contributed by atoms with Crippen LogP contribution in [0, 0.1) is 5.92 Å². The summed E-state index contributed by atoms with van der Waals surface area (Å²) in [6.45, 7) is 3.29. The number of carboxylic acids is 1. The molecule has 0 aliphatic carbocycles. The van der Waals surface area contributed by atoms with Crippen LogP contribution in [0.5, 0.6) is 0 Å². The first-order valence-corrected chi connectivity index (χ1v) is 11.3. The number of hydrogen-bond donors (Lipinski definition) is 1. The maximum Gasteiger partial charge on any atom is 0.327 e. The Morgan fingerprint density at radius 2 is 1.80 bits per heavy atom. The number of halogens is 1. The number of carbonyl (C=O) groups excluding carboxylic acids is 2. The molecule has 1 aromatic carbocycles. The van der Waals surface area contributed by atoms with Crippen LogP contribution in [-0.2, 0) is 19.6 Å². The summed E-state index contributed by atoms with van der Waals surface area (Å²) in [6.07, 6.45) is 0.183. The fourth-order valence-electron chi connectivity index (χ4n) is 3.13. The summed E-state index contributed by atoms with van der Waals surface area (Å²) in [5, 5.41) is 9.94. The molecule has 0 saturated carbocycles. The zero-order chi connectivity index (χ0) is 22.9. The minimum Gasteiger partial charge on any atom is -0.481 e. The van der Waals surface area contributed by atoms with Crippen LogP contribution < -0.4 is 4.31 Å². The average molecular weight is 460 g/mol. The molecule has 1 N–H and O–H groups in total. The summed E-state index contributed by atoms with van der Waals surface area (Å²) in [6, 6.07) is 5.68. The van der Waals surface area contributed by atoms with Crippen LogP contribution in [0.3, 0.4) is 0 Å². The van der Waals surface area contributed by atoms with Gasteiger partial charge in [0.15, 0.2) is 0 Å². The van der Waals surface area contributed by atoms with Crippen molar-refractivity contribution >= 4 is 45.2 Å². The van der Waals surface area contributed by atoms with Crippen LogP contribution in [0.1, 0.15) is 26.7 Å². The van der Waals surface area contributed by atoms with Crippen LogP contribution in [-0.4, -0.2) is 73.2 Å². The number of carboxylic acid groups (broad SMARTS) is 1. The van der Waals surface area contributed by atoms with Crippen molar-refractivity contribution in [2.75, 3.05) is 30.7 Å². The molecule has 30 heavy (non-hydrogen) atoms. The molecule has 1 unspecified atom stereocenters. The van der Waals surface area contributed by atoms with Crippen LogP contribution in [0.2, 0.25) is 5.02 Å². The van der Waals surface area contributed by atoms with E-state index in [1.165, 1.54) is 31.1 Å². The number of urea groups is 1. The van der Waals surface area contributed by atoms with Gasteiger partial charge < -0.3 is 10.0 Å². The van der Waals surface area contributed by atoms with Crippen molar-refractivity contribution in [3.63, 3.8) is 0 Å². The number of aliphatic carboxylic acids is 1. The van der Waals surface area contributed by atoms with E-state index in [0.29, 0.717) is 10.7 Å². The van der Waals surface area contributed by atoms with Crippen LogP contribution >= 0.6 is 11.6 Å². The second-order valence-corrected chi connectivity index (χ2v) is 10.2. The van der Waals surface area contributed by atoms with Crippen molar-refractivity contribution in [3.8, 4) is 0 Å². The highest BCUT2D eigenvalue weighted by atomic mass is 35.5. The first-order chi connectivity index (χ1) is 13.8. The molecular formula is C19H26ClN3O6S. The van der Waals surface area contributed by atoms with Gasteiger partial charge in [0.05, 0.1) is 17.4 Å². The fraction of sp³-hybridized carbons (Fsp3) is 0.526. The van der Waals surface area contributed by atoms with Gasteiger partial charge in [0.1, 0.15) is 5.54 Å². The minimum atomic E-state index is -3.92. The highest BCUT2D eigenvalue weighted by molar-refractivity contribution is 7.92. The Bertz CT molecular complexity index is 932. The quantitative estimate of drug-likeness (QED) is 0.566. The maximum absolute atomic E-state index is 12.7. The maximum atomic E-state index is 12.7. The van der Waals surface area contributed by atoms with Gasteiger partial charge in [-0.25, -0.2) is 13.2 Å². The molecule has 1 saturated heterocycles. The molecule has 2 rings (SSSR count). The zero-order valence-electron chi connectivity index (χ0n) is 17.3. The number of nitrogens with zero attached hydrogens (tertiary/aromatic N) is 3.